The lowest BCUT2D eigenvalue weighted by Gasteiger charge is -2.34. The molecule has 0 saturated carbocycles. The fourth-order valence-electron chi connectivity index (χ4n) is 2.51. The number of amides is 1. The number of rotatable bonds is 6. The summed E-state index contributed by atoms with van der Waals surface area (Å²) in [6.45, 7) is 2.44. The van der Waals surface area contributed by atoms with Crippen molar-refractivity contribution in [1.29, 1.82) is 0 Å². The minimum Gasteiger partial charge on any atom is -0.366 e. The lowest BCUT2D eigenvalue weighted by atomic mass is 10.1. The minimum absolute atomic E-state index is 0.00620. The van der Waals surface area contributed by atoms with E-state index in [4.69, 9.17) is 4.84 Å². The van der Waals surface area contributed by atoms with Gasteiger partial charge in [0.15, 0.2) is 0 Å². The van der Waals surface area contributed by atoms with Gasteiger partial charge in [-0.1, -0.05) is 37.3 Å². The van der Waals surface area contributed by atoms with E-state index in [1.54, 1.807) is 12.0 Å². The number of hydrogen-bond acceptors (Lipinski definition) is 4. The van der Waals surface area contributed by atoms with E-state index in [2.05, 4.69) is 5.32 Å². The molecular formula is C17H24N2O3. The monoisotopic (exact) mass is 304 g/mol. The van der Waals surface area contributed by atoms with Gasteiger partial charge < -0.3 is 10.2 Å². The van der Waals surface area contributed by atoms with Gasteiger partial charge in [-0.3, -0.25) is 9.59 Å². The summed E-state index contributed by atoms with van der Waals surface area (Å²) in [5.74, 6) is -0.265. The van der Waals surface area contributed by atoms with E-state index in [9.17, 15) is 9.59 Å². The largest absolute Gasteiger partial charge is 0.366 e. The van der Waals surface area contributed by atoms with Crippen molar-refractivity contribution < 1.29 is 14.4 Å². The molecule has 120 valence electrons. The first kappa shape index (κ1) is 16.5. The molecule has 5 nitrogen and oxygen atoms in total. The van der Waals surface area contributed by atoms with Crippen molar-refractivity contribution in [2.75, 3.05) is 6.54 Å². The maximum atomic E-state index is 12.1. The number of carbonyl (C=O) groups is 2. The average molecular weight is 304 g/mol. The molecule has 0 aliphatic carbocycles. The zero-order valence-electron chi connectivity index (χ0n) is 13.1. The van der Waals surface area contributed by atoms with Gasteiger partial charge in [-0.05, 0) is 31.2 Å². The predicted octanol–water partition coefficient (Wildman–Crippen LogP) is 2.42. The number of hydrogen-bond donors (Lipinski definition) is 1. The fourth-order valence-corrected chi connectivity index (χ4v) is 2.51. The van der Waals surface area contributed by atoms with Crippen molar-refractivity contribution in [1.82, 2.24) is 10.4 Å². The number of benzene rings is 1. The molecular weight excluding hydrogens is 280 g/mol. The zero-order chi connectivity index (χ0) is 15.8. The second-order valence-corrected chi connectivity index (χ2v) is 5.52. The summed E-state index contributed by atoms with van der Waals surface area (Å²) in [7, 11) is 0. The van der Waals surface area contributed by atoms with Crippen LogP contribution in [-0.2, 0) is 20.8 Å². The molecule has 1 aromatic carbocycles. The van der Waals surface area contributed by atoms with Crippen molar-refractivity contribution >= 4 is 11.9 Å². The fraction of sp³-hybridized carbons (Fsp3) is 0.529. The highest BCUT2D eigenvalue weighted by Gasteiger charge is 2.26. The zero-order valence-corrected chi connectivity index (χ0v) is 13.1. The number of nitrogens with zero attached hydrogens (tertiary/aromatic N) is 1. The third-order valence-corrected chi connectivity index (χ3v) is 3.77. The molecule has 1 amide bonds. The Hall–Kier alpha value is -1.88. The van der Waals surface area contributed by atoms with Gasteiger partial charge in [0.1, 0.15) is 6.17 Å². The van der Waals surface area contributed by atoms with Crippen molar-refractivity contribution in [2.45, 2.75) is 51.6 Å². The number of aryl methyl sites for hydroxylation is 1. The Bertz CT molecular complexity index is 490. The van der Waals surface area contributed by atoms with E-state index >= 15 is 0 Å². The molecule has 22 heavy (non-hydrogen) atoms. The third-order valence-electron chi connectivity index (χ3n) is 3.77. The lowest BCUT2D eigenvalue weighted by molar-refractivity contribution is -0.211. The maximum absolute atomic E-state index is 12.1. The van der Waals surface area contributed by atoms with Crippen LogP contribution in [0.15, 0.2) is 30.3 Å². The van der Waals surface area contributed by atoms with Crippen molar-refractivity contribution in [3.05, 3.63) is 35.9 Å². The first-order valence-corrected chi connectivity index (χ1v) is 7.99. The molecule has 1 fully saturated rings. The second-order valence-electron chi connectivity index (χ2n) is 5.52. The van der Waals surface area contributed by atoms with Gasteiger partial charge in [-0.25, -0.2) is 0 Å². The maximum Gasteiger partial charge on any atom is 0.324 e. The molecule has 1 unspecified atom stereocenters. The van der Waals surface area contributed by atoms with E-state index in [1.807, 2.05) is 30.3 Å². The van der Waals surface area contributed by atoms with Crippen LogP contribution in [0.1, 0.15) is 44.6 Å². The van der Waals surface area contributed by atoms with Crippen molar-refractivity contribution in [3.8, 4) is 0 Å². The molecule has 0 spiro atoms. The van der Waals surface area contributed by atoms with Gasteiger partial charge in [0.2, 0.25) is 5.91 Å². The van der Waals surface area contributed by atoms with Crippen LogP contribution in [0.4, 0.5) is 0 Å². The highest BCUT2D eigenvalue weighted by molar-refractivity contribution is 5.76. The normalized spacial score (nSPS) is 18.7. The quantitative estimate of drug-likeness (QED) is 0.877. The van der Waals surface area contributed by atoms with E-state index in [1.165, 1.54) is 0 Å². The smallest absolute Gasteiger partial charge is 0.324 e. The number of nitrogens with one attached hydrogen (secondary N) is 1. The van der Waals surface area contributed by atoms with Crippen LogP contribution in [0.3, 0.4) is 0 Å². The molecule has 1 atom stereocenters. The minimum atomic E-state index is -0.259. The molecule has 1 heterocycles. The number of hydroxylamine groups is 2. The highest BCUT2D eigenvalue weighted by atomic mass is 16.7. The summed E-state index contributed by atoms with van der Waals surface area (Å²) in [6.07, 6.45) is 4.12. The Morgan fingerprint density at radius 1 is 1.27 bits per heavy atom. The molecule has 0 aromatic heterocycles. The summed E-state index contributed by atoms with van der Waals surface area (Å²) < 4.78 is 0. The van der Waals surface area contributed by atoms with Crippen LogP contribution >= 0.6 is 0 Å². The van der Waals surface area contributed by atoms with Gasteiger partial charge in [0, 0.05) is 19.4 Å². The molecule has 1 aliphatic heterocycles. The Kier molecular flexibility index (Phi) is 6.40. The van der Waals surface area contributed by atoms with Gasteiger partial charge in [0.05, 0.1) is 0 Å². The first-order valence-electron chi connectivity index (χ1n) is 7.99. The molecule has 2 rings (SSSR count). The molecule has 1 aromatic rings. The third kappa shape index (κ3) is 5.15. The second kappa shape index (κ2) is 8.54. The predicted molar refractivity (Wildman–Crippen MR) is 83.6 cm³/mol. The molecule has 1 saturated heterocycles. The summed E-state index contributed by atoms with van der Waals surface area (Å²) in [6, 6.07) is 9.94. The molecule has 5 heteroatoms. The standard InChI is InChI=1S/C17H24N2O3/c1-2-17(21)22-19-13-7-6-10-15(19)18-16(20)12-11-14-8-4-3-5-9-14/h3-5,8-9,15H,2,6-7,10-13H2,1H3,(H,18,20). The SMILES string of the molecule is CCC(=O)ON1CCCCC1NC(=O)CCc1ccccc1. The van der Waals surface area contributed by atoms with Gasteiger partial charge in [-0.15, -0.1) is 5.06 Å². The van der Waals surface area contributed by atoms with Gasteiger partial charge >= 0.3 is 5.97 Å². The summed E-state index contributed by atoms with van der Waals surface area (Å²) in [4.78, 5) is 28.8. The van der Waals surface area contributed by atoms with E-state index in [-0.39, 0.29) is 18.0 Å². The average Bonchev–Trinajstić information content (AvgIpc) is 2.55. The summed E-state index contributed by atoms with van der Waals surface area (Å²) in [5, 5.41) is 4.60. The number of carbonyl (C=O) groups excluding carboxylic acids is 2. The Morgan fingerprint density at radius 2 is 2.05 bits per heavy atom. The Labute approximate surface area is 131 Å². The molecule has 1 aliphatic rings. The highest BCUT2D eigenvalue weighted by Crippen LogP contribution is 2.16. The van der Waals surface area contributed by atoms with Crippen LogP contribution in [0, 0.1) is 0 Å². The van der Waals surface area contributed by atoms with Crippen LogP contribution < -0.4 is 5.32 Å². The van der Waals surface area contributed by atoms with Crippen molar-refractivity contribution in [3.63, 3.8) is 0 Å². The Balaban J connectivity index is 1.81. The van der Waals surface area contributed by atoms with E-state index in [0.29, 0.717) is 25.8 Å². The van der Waals surface area contributed by atoms with Gasteiger partial charge in [0.25, 0.3) is 0 Å². The summed E-state index contributed by atoms with van der Waals surface area (Å²) >= 11 is 0. The first-order chi connectivity index (χ1) is 10.7. The molecule has 0 bridgehead atoms. The van der Waals surface area contributed by atoms with Crippen LogP contribution in [0.5, 0.6) is 0 Å². The summed E-state index contributed by atoms with van der Waals surface area (Å²) in [5.41, 5.74) is 1.15. The number of piperidine rings is 1. The van der Waals surface area contributed by atoms with E-state index < -0.39 is 0 Å². The molecule has 0 radical (unpaired) electrons. The lowest BCUT2D eigenvalue weighted by Crippen LogP contribution is -2.51. The van der Waals surface area contributed by atoms with E-state index in [0.717, 1.165) is 24.8 Å². The van der Waals surface area contributed by atoms with Crippen molar-refractivity contribution in [2.24, 2.45) is 0 Å². The molecule has 1 N–H and O–H groups in total. The van der Waals surface area contributed by atoms with Crippen LogP contribution in [0.25, 0.3) is 0 Å². The van der Waals surface area contributed by atoms with Crippen LogP contribution in [-0.4, -0.2) is 29.7 Å². The van der Waals surface area contributed by atoms with Crippen LogP contribution in [0.2, 0.25) is 0 Å². The topological polar surface area (TPSA) is 58.6 Å². The van der Waals surface area contributed by atoms with Gasteiger partial charge in [-0.2, -0.15) is 0 Å². The Morgan fingerprint density at radius 3 is 2.77 bits per heavy atom.